The van der Waals surface area contributed by atoms with Crippen molar-refractivity contribution in [1.82, 2.24) is 5.32 Å². The maximum absolute atomic E-state index is 12.0. The molecule has 41 heavy (non-hydrogen) atoms. The van der Waals surface area contributed by atoms with E-state index in [9.17, 15) is 9.69 Å². The smallest absolute Gasteiger partial charge is 0.407 e. The van der Waals surface area contributed by atoms with Gasteiger partial charge in [0.1, 0.15) is 18.5 Å². The number of methoxy groups -OCH3 is 1. The average molecular weight is 612 g/mol. The number of para-hydroxylation sites is 1. The first kappa shape index (κ1) is 35.4. The number of hydrogen-bond donors (Lipinski definition) is 2. The van der Waals surface area contributed by atoms with E-state index in [-0.39, 0.29) is 13.2 Å². The van der Waals surface area contributed by atoms with E-state index in [1.807, 2.05) is 39.9 Å². The molecule has 1 aromatic carbocycles. The third-order valence-corrected chi connectivity index (χ3v) is 8.33. The summed E-state index contributed by atoms with van der Waals surface area (Å²) in [7, 11) is -0.657. The summed E-state index contributed by atoms with van der Waals surface area (Å²) in [4.78, 5) is 22.4. The van der Waals surface area contributed by atoms with Crippen LogP contribution in [0.1, 0.15) is 102 Å². The van der Waals surface area contributed by atoms with Gasteiger partial charge in [0.15, 0.2) is 12.7 Å². The Bertz CT molecular complexity index is 904. The van der Waals surface area contributed by atoms with Gasteiger partial charge in [0.05, 0.1) is 17.6 Å². The van der Waals surface area contributed by atoms with Gasteiger partial charge in [-0.2, -0.15) is 4.57 Å². The summed E-state index contributed by atoms with van der Waals surface area (Å²) in [5.41, 5.74) is 2.94. The van der Waals surface area contributed by atoms with Gasteiger partial charge in [0.2, 0.25) is 5.51 Å². The van der Waals surface area contributed by atoms with Gasteiger partial charge in [-0.05, 0) is 18.6 Å². The molecule has 10 heteroatoms. The van der Waals surface area contributed by atoms with E-state index < -0.39 is 20.8 Å². The second-order valence-corrected chi connectivity index (χ2v) is 12.1. The Labute approximate surface area is 252 Å². The molecular formula is C31H52N2O6PS+. The van der Waals surface area contributed by atoms with Crippen LogP contribution < -0.4 is 14.4 Å². The highest BCUT2D eigenvalue weighted by Gasteiger charge is 2.18. The van der Waals surface area contributed by atoms with Gasteiger partial charge < -0.3 is 24.2 Å². The van der Waals surface area contributed by atoms with Crippen molar-refractivity contribution in [2.24, 2.45) is 0 Å². The fraction of sp³-hybridized carbons (Fsp3) is 0.677. The summed E-state index contributed by atoms with van der Waals surface area (Å²) in [6.45, 7) is 3.56. The van der Waals surface area contributed by atoms with Crippen LogP contribution in [0, 0.1) is 0 Å². The van der Waals surface area contributed by atoms with Crippen LogP contribution in [0.3, 0.4) is 0 Å². The van der Waals surface area contributed by atoms with Crippen LogP contribution in [-0.4, -0.2) is 44.0 Å². The van der Waals surface area contributed by atoms with Gasteiger partial charge in [-0.15, -0.1) is 0 Å². The lowest BCUT2D eigenvalue weighted by Crippen LogP contribution is -2.31. The van der Waals surface area contributed by atoms with E-state index in [0.717, 1.165) is 18.4 Å². The van der Waals surface area contributed by atoms with Gasteiger partial charge in [-0.25, -0.2) is 4.79 Å². The van der Waals surface area contributed by atoms with Crippen LogP contribution in [0.15, 0.2) is 41.4 Å². The molecule has 1 aromatic heterocycles. The van der Waals surface area contributed by atoms with Gasteiger partial charge in [0.25, 0.3) is 0 Å². The number of aromatic nitrogens is 1. The topological polar surface area (TPSA) is 90.1 Å². The lowest BCUT2D eigenvalue weighted by molar-refractivity contribution is -0.683. The van der Waals surface area contributed by atoms with Crippen LogP contribution in [0.5, 0.6) is 5.75 Å². The first-order valence-corrected chi connectivity index (χ1v) is 17.4. The van der Waals surface area contributed by atoms with Crippen molar-refractivity contribution in [2.75, 3.05) is 26.9 Å². The lowest BCUT2D eigenvalue weighted by atomic mass is 10.0. The zero-order valence-corrected chi connectivity index (χ0v) is 26.8. The predicted octanol–water partition coefficient (Wildman–Crippen LogP) is 7.92. The molecule has 0 aliphatic heterocycles. The number of benzene rings is 1. The number of rotatable bonds is 25. The van der Waals surface area contributed by atoms with E-state index in [1.54, 1.807) is 17.4 Å². The van der Waals surface area contributed by atoms with Crippen LogP contribution >= 0.6 is 19.9 Å². The van der Waals surface area contributed by atoms with Crippen molar-refractivity contribution in [3.8, 4) is 5.75 Å². The molecule has 0 saturated carbocycles. The highest BCUT2D eigenvalue weighted by molar-refractivity contribution is 7.41. The minimum Gasteiger partial charge on any atom is -0.447 e. The Kier molecular flexibility index (Phi) is 20.5. The highest BCUT2D eigenvalue weighted by Crippen LogP contribution is 2.36. The number of carbonyl (C=O) groups excluding carboxylic acids is 1. The van der Waals surface area contributed by atoms with Crippen molar-refractivity contribution in [3.63, 3.8) is 0 Å². The number of alkyl carbamates (subject to hydrolysis) is 1. The molecule has 232 valence electrons. The molecule has 1 amide bonds. The molecule has 8 nitrogen and oxygen atoms in total. The molecule has 0 aliphatic rings. The van der Waals surface area contributed by atoms with Crippen LogP contribution in [0.4, 0.5) is 4.79 Å². The zero-order chi connectivity index (χ0) is 29.4. The van der Waals surface area contributed by atoms with Crippen molar-refractivity contribution in [2.45, 2.75) is 109 Å². The summed E-state index contributed by atoms with van der Waals surface area (Å²) in [6.07, 6.45) is 19.3. The molecule has 2 atom stereocenters. The summed E-state index contributed by atoms with van der Waals surface area (Å²) in [5.74, 6) is 0.563. The number of ether oxygens (including phenoxy) is 2. The van der Waals surface area contributed by atoms with Crippen molar-refractivity contribution < 1.29 is 32.8 Å². The number of nitrogens with zero attached hydrogens (tertiary/aromatic N) is 1. The van der Waals surface area contributed by atoms with Gasteiger partial charge in [-0.3, -0.25) is 4.52 Å². The fourth-order valence-corrected chi connectivity index (χ4v) is 5.73. The number of nitrogens with one attached hydrogen (secondary N) is 1. The van der Waals surface area contributed by atoms with Crippen LogP contribution in [0.25, 0.3) is 0 Å². The molecule has 2 N–H and O–H groups in total. The van der Waals surface area contributed by atoms with E-state index in [2.05, 4.69) is 12.2 Å². The highest BCUT2D eigenvalue weighted by atomic mass is 32.1. The average Bonchev–Trinajstić information content (AvgIpc) is 3.49. The van der Waals surface area contributed by atoms with E-state index in [0.29, 0.717) is 18.8 Å². The molecule has 1 heterocycles. The largest absolute Gasteiger partial charge is 0.447 e. The molecule has 0 spiro atoms. The maximum atomic E-state index is 12.0. The summed E-state index contributed by atoms with van der Waals surface area (Å²) >= 11 is 1.61. The Morgan fingerprint density at radius 2 is 1.59 bits per heavy atom. The summed E-state index contributed by atoms with van der Waals surface area (Å²) in [6, 6.07) is 7.53. The second-order valence-electron chi connectivity index (χ2n) is 10.4. The van der Waals surface area contributed by atoms with E-state index in [1.165, 1.54) is 84.2 Å². The standard InChI is InChI=1S/C31H51N2O6PS/c1-3-4-5-6-7-8-9-10-11-12-13-14-15-18-21-32-31(34)37-25-29(36-2)26-38-40(35)39-30-20-17-16-19-28(30)24-33-22-23-41-27-33/h16-17,19-20,22-23,27,29,35H,3-15,18,21,24-26H2,1-2H3/p+1. The third-order valence-electron chi connectivity index (χ3n) is 6.93. The minimum atomic E-state index is -2.17. The molecule has 2 unspecified atom stereocenters. The quantitative estimate of drug-likeness (QED) is 0.0674. The van der Waals surface area contributed by atoms with Gasteiger partial charge >= 0.3 is 14.7 Å². The molecule has 0 fully saturated rings. The summed E-state index contributed by atoms with van der Waals surface area (Å²) < 4.78 is 23.8. The molecule has 0 radical (unpaired) electrons. The third kappa shape index (κ3) is 17.7. The minimum absolute atomic E-state index is 0.0234. The van der Waals surface area contributed by atoms with Gasteiger partial charge in [-0.1, -0.05) is 114 Å². The van der Waals surface area contributed by atoms with Crippen molar-refractivity contribution in [3.05, 3.63) is 46.9 Å². The first-order chi connectivity index (χ1) is 20.1. The fourth-order valence-electron chi connectivity index (χ4n) is 4.44. The van der Waals surface area contributed by atoms with Crippen molar-refractivity contribution >= 4 is 26.0 Å². The molecule has 0 aliphatic carbocycles. The SMILES string of the molecule is CCCCCCCCCCCCCCCCNC(=O)OCC(COP(O)Oc1ccccc1C[n+]1ccsc1)OC. The normalized spacial score (nSPS) is 12.7. The van der Waals surface area contributed by atoms with Crippen LogP contribution in [-0.2, 0) is 20.5 Å². The maximum Gasteiger partial charge on any atom is 0.407 e. The number of carbonyl (C=O) groups is 1. The predicted molar refractivity (Wildman–Crippen MR) is 166 cm³/mol. The Morgan fingerprint density at radius 1 is 0.951 bits per heavy atom. The zero-order valence-electron chi connectivity index (χ0n) is 25.1. The Hall–Kier alpha value is -1.77. The Morgan fingerprint density at radius 3 is 2.20 bits per heavy atom. The molecule has 0 saturated heterocycles. The van der Waals surface area contributed by atoms with Crippen molar-refractivity contribution in [1.29, 1.82) is 0 Å². The number of thiazole rings is 1. The summed E-state index contributed by atoms with van der Waals surface area (Å²) in [5, 5.41) is 4.80. The lowest BCUT2D eigenvalue weighted by Gasteiger charge is -2.18. The number of unbranched alkanes of at least 4 members (excludes halogenated alkanes) is 13. The van der Waals surface area contributed by atoms with E-state index in [4.69, 9.17) is 18.5 Å². The molecule has 0 bridgehead atoms. The molecule has 2 rings (SSSR count). The number of hydrogen-bond acceptors (Lipinski definition) is 7. The monoisotopic (exact) mass is 611 g/mol. The van der Waals surface area contributed by atoms with Gasteiger partial charge in [0, 0.05) is 13.7 Å². The molecule has 2 aromatic rings. The first-order valence-electron chi connectivity index (χ1n) is 15.3. The number of amides is 1. The van der Waals surface area contributed by atoms with E-state index >= 15 is 0 Å². The Balaban J connectivity index is 1.46. The molecular weight excluding hydrogens is 559 g/mol. The van der Waals surface area contributed by atoms with Crippen LogP contribution in [0.2, 0.25) is 0 Å². The second kappa shape index (κ2) is 23.8.